The number of halogens is 3. The van der Waals surface area contributed by atoms with Crippen molar-refractivity contribution >= 4 is 58.9 Å². The van der Waals surface area contributed by atoms with E-state index in [0.717, 1.165) is 13.1 Å². The number of nitrogens with zero attached hydrogens (tertiary/aromatic N) is 2. The monoisotopic (exact) mass is 486 g/mol. The SMILES string of the molecule is CC(C)N1CCC(C(=O)Nc2c(O)cc(Cl)cc2C(=O)Nc2ccc(Cl)cn2)CC1.Cl. The summed E-state index contributed by atoms with van der Waals surface area (Å²) in [6.45, 7) is 5.93. The van der Waals surface area contributed by atoms with Gasteiger partial charge < -0.3 is 20.6 Å². The van der Waals surface area contributed by atoms with Crippen molar-refractivity contribution in [2.24, 2.45) is 5.92 Å². The third-order valence-electron chi connectivity index (χ3n) is 5.17. The topological polar surface area (TPSA) is 94.6 Å². The molecule has 3 rings (SSSR count). The summed E-state index contributed by atoms with van der Waals surface area (Å²) in [5.41, 5.74) is 0.0758. The van der Waals surface area contributed by atoms with Crippen LogP contribution in [0.5, 0.6) is 5.75 Å². The number of likely N-dealkylation sites (tertiary alicyclic amines) is 1. The summed E-state index contributed by atoms with van der Waals surface area (Å²) in [7, 11) is 0. The maximum atomic E-state index is 12.8. The minimum Gasteiger partial charge on any atom is -0.506 e. The molecular weight excluding hydrogens is 463 g/mol. The van der Waals surface area contributed by atoms with E-state index in [-0.39, 0.29) is 52.1 Å². The normalized spacial score (nSPS) is 14.7. The number of carbonyl (C=O) groups excluding carboxylic acids is 2. The lowest BCUT2D eigenvalue weighted by atomic mass is 9.95. The van der Waals surface area contributed by atoms with Crippen LogP contribution in [0.3, 0.4) is 0 Å². The Balaban J connectivity index is 0.00000341. The number of benzene rings is 1. The molecule has 1 aliphatic heterocycles. The van der Waals surface area contributed by atoms with Crippen LogP contribution in [0.1, 0.15) is 37.0 Å². The van der Waals surface area contributed by atoms with Gasteiger partial charge in [-0.2, -0.15) is 0 Å². The lowest BCUT2D eigenvalue weighted by Gasteiger charge is -2.34. The molecule has 0 atom stereocenters. The van der Waals surface area contributed by atoms with Crippen molar-refractivity contribution in [1.29, 1.82) is 0 Å². The van der Waals surface area contributed by atoms with Gasteiger partial charge in [-0.05, 0) is 58.0 Å². The summed E-state index contributed by atoms with van der Waals surface area (Å²) in [5, 5.41) is 16.3. The highest BCUT2D eigenvalue weighted by Crippen LogP contribution is 2.33. The number of aromatic hydroxyl groups is 1. The largest absolute Gasteiger partial charge is 0.506 e. The number of carbonyl (C=O) groups is 2. The van der Waals surface area contributed by atoms with Crippen LogP contribution < -0.4 is 10.6 Å². The number of anilines is 2. The predicted octanol–water partition coefficient (Wildman–Crippen LogP) is 4.83. The Bertz CT molecular complexity index is 930. The zero-order valence-corrected chi connectivity index (χ0v) is 19.5. The molecule has 0 radical (unpaired) electrons. The molecule has 0 aliphatic carbocycles. The molecule has 0 bridgehead atoms. The second-order valence-corrected chi connectivity index (χ2v) is 8.43. The van der Waals surface area contributed by atoms with Crippen molar-refractivity contribution in [2.45, 2.75) is 32.7 Å². The van der Waals surface area contributed by atoms with E-state index in [1.54, 1.807) is 12.1 Å². The molecule has 10 heteroatoms. The first-order valence-electron chi connectivity index (χ1n) is 9.75. The zero-order chi connectivity index (χ0) is 21.8. The van der Waals surface area contributed by atoms with Crippen LogP contribution in [-0.4, -0.2) is 45.9 Å². The molecule has 2 aromatic rings. The van der Waals surface area contributed by atoms with E-state index in [1.807, 2.05) is 0 Å². The summed E-state index contributed by atoms with van der Waals surface area (Å²) in [6.07, 6.45) is 2.84. The van der Waals surface area contributed by atoms with E-state index in [0.29, 0.717) is 23.9 Å². The first-order valence-corrected chi connectivity index (χ1v) is 10.5. The summed E-state index contributed by atoms with van der Waals surface area (Å²) < 4.78 is 0. The number of hydrogen-bond acceptors (Lipinski definition) is 5. The molecule has 1 aromatic heterocycles. The fraction of sp³-hybridized carbons (Fsp3) is 0.381. The van der Waals surface area contributed by atoms with Crippen molar-refractivity contribution < 1.29 is 14.7 Å². The molecule has 0 unspecified atom stereocenters. The van der Waals surface area contributed by atoms with Gasteiger partial charge in [-0.25, -0.2) is 4.98 Å². The van der Waals surface area contributed by atoms with Gasteiger partial charge >= 0.3 is 0 Å². The Kier molecular flexibility index (Phi) is 8.94. The van der Waals surface area contributed by atoms with Crippen molar-refractivity contribution in [1.82, 2.24) is 9.88 Å². The maximum absolute atomic E-state index is 12.8. The Morgan fingerprint density at radius 2 is 1.81 bits per heavy atom. The quantitative estimate of drug-likeness (QED) is 0.525. The fourth-order valence-electron chi connectivity index (χ4n) is 3.44. The van der Waals surface area contributed by atoms with Crippen LogP contribution in [0.25, 0.3) is 0 Å². The van der Waals surface area contributed by atoms with Gasteiger partial charge in [0.2, 0.25) is 5.91 Å². The number of hydrogen-bond donors (Lipinski definition) is 3. The van der Waals surface area contributed by atoms with Crippen LogP contribution in [0.2, 0.25) is 10.0 Å². The standard InChI is InChI=1S/C21H24Cl2N4O3.ClH/c1-12(2)27-7-5-13(6-8-27)20(29)26-19-16(9-15(23)10-17(19)28)21(30)25-18-4-3-14(22)11-24-18;/h3-4,9-13,28H,5-8H2,1-2H3,(H,26,29)(H,24,25,30);1H. The second-order valence-electron chi connectivity index (χ2n) is 7.56. The predicted molar refractivity (Wildman–Crippen MR) is 126 cm³/mol. The van der Waals surface area contributed by atoms with E-state index in [2.05, 4.69) is 34.4 Å². The summed E-state index contributed by atoms with van der Waals surface area (Å²) >= 11 is 11.8. The first kappa shape index (κ1) is 25.2. The number of pyridine rings is 1. The number of phenolic OH excluding ortho intramolecular Hbond substituents is 1. The van der Waals surface area contributed by atoms with E-state index >= 15 is 0 Å². The molecule has 168 valence electrons. The molecule has 0 spiro atoms. The Morgan fingerprint density at radius 1 is 1.13 bits per heavy atom. The molecule has 1 fully saturated rings. The number of aromatic nitrogens is 1. The van der Waals surface area contributed by atoms with Crippen LogP contribution in [-0.2, 0) is 4.79 Å². The molecule has 7 nitrogen and oxygen atoms in total. The molecule has 1 aromatic carbocycles. The van der Waals surface area contributed by atoms with Crippen LogP contribution >= 0.6 is 35.6 Å². The van der Waals surface area contributed by atoms with Gasteiger partial charge in [0.15, 0.2) is 0 Å². The molecule has 0 saturated carbocycles. The highest BCUT2D eigenvalue weighted by molar-refractivity contribution is 6.31. The lowest BCUT2D eigenvalue weighted by molar-refractivity contribution is -0.121. The van der Waals surface area contributed by atoms with E-state index in [9.17, 15) is 14.7 Å². The minimum atomic E-state index is -0.562. The molecule has 31 heavy (non-hydrogen) atoms. The molecule has 2 amide bonds. The average molecular weight is 488 g/mol. The molecule has 1 aliphatic rings. The smallest absolute Gasteiger partial charge is 0.259 e. The van der Waals surface area contributed by atoms with Gasteiger partial charge in [0.25, 0.3) is 5.91 Å². The number of amides is 2. The minimum absolute atomic E-state index is 0. The second kappa shape index (κ2) is 11.0. The Labute approximate surface area is 197 Å². The maximum Gasteiger partial charge on any atom is 0.259 e. The third-order valence-corrected chi connectivity index (χ3v) is 5.62. The van der Waals surface area contributed by atoms with Crippen molar-refractivity contribution in [2.75, 3.05) is 23.7 Å². The van der Waals surface area contributed by atoms with Crippen LogP contribution in [0.4, 0.5) is 11.5 Å². The van der Waals surface area contributed by atoms with Crippen molar-refractivity contribution in [3.8, 4) is 5.75 Å². The van der Waals surface area contributed by atoms with Gasteiger partial charge in [-0.3, -0.25) is 9.59 Å². The number of nitrogens with one attached hydrogen (secondary N) is 2. The summed E-state index contributed by atoms with van der Waals surface area (Å²) in [5.74, 6) is -0.974. The van der Waals surface area contributed by atoms with E-state index in [4.69, 9.17) is 23.2 Å². The van der Waals surface area contributed by atoms with Gasteiger partial charge in [-0.1, -0.05) is 23.2 Å². The third kappa shape index (κ3) is 6.46. The van der Waals surface area contributed by atoms with Crippen molar-refractivity contribution in [3.63, 3.8) is 0 Å². The number of rotatable bonds is 5. The fourth-order valence-corrected chi connectivity index (χ4v) is 3.76. The van der Waals surface area contributed by atoms with Crippen molar-refractivity contribution in [3.05, 3.63) is 46.1 Å². The average Bonchev–Trinajstić information content (AvgIpc) is 2.71. The molecule has 2 heterocycles. The van der Waals surface area contributed by atoms with E-state index in [1.165, 1.54) is 18.3 Å². The zero-order valence-electron chi connectivity index (χ0n) is 17.2. The number of piperidine rings is 1. The van der Waals surface area contributed by atoms with Crippen LogP contribution in [0, 0.1) is 5.92 Å². The summed E-state index contributed by atoms with van der Waals surface area (Å²) in [6, 6.07) is 6.25. The van der Waals surface area contributed by atoms with Crippen LogP contribution in [0.15, 0.2) is 30.5 Å². The van der Waals surface area contributed by atoms with Gasteiger partial charge in [0.05, 0.1) is 16.3 Å². The number of phenols is 1. The molecule has 1 saturated heterocycles. The first-order chi connectivity index (χ1) is 14.2. The van der Waals surface area contributed by atoms with Gasteiger partial charge in [-0.15, -0.1) is 12.4 Å². The Morgan fingerprint density at radius 3 is 2.39 bits per heavy atom. The molecular formula is C21H25Cl3N4O3. The van der Waals surface area contributed by atoms with Gasteiger partial charge in [0.1, 0.15) is 11.6 Å². The van der Waals surface area contributed by atoms with Gasteiger partial charge in [0, 0.05) is 29.2 Å². The molecule has 3 N–H and O–H groups in total. The summed E-state index contributed by atoms with van der Waals surface area (Å²) in [4.78, 5) is 32.0. The Hall–Kier alpha value is -2.06. The lowest BCUT2D eigenvalue weighted by Crippen LogP contribution is -2.41. The van der Waals surface area contributed by atoms with E-state index < -0.39 is 5.91 Å². The highest BCUT2D eigenvalue weighted by Gasteiger charge is 2.28. The highest BCUT2D eigenvalue weighted by atomic mass is 35.5.